The van der Waals surface area contributed by atoms with Crippen LogP contribution in [0.1, 0.15) is 46.2 Å². The lowest BCUT2D eigenvalue weighted by Gasteiger charge is -2.28. The Hall–Kier alpha value is -0.510. The van der Waals surface area contributed by atoms with E-state index < -0.39 is 0 Å². The Morgan fingerprint density at radius 2 is 2.18 bits per heavy atom. The Kier molecular flexibility index (Phi) is 5.04. The van der Waals surface area contributed by atoms with Crippen LogP contribution in [0.2, 0.25) is 0 Å². The van der Waals surface area contributed by atoms with Crippen LogP contribution in [0, 0.1) is 0 Å². The number of aromatic nitrogens is 2. The molecule has 4 heteroatoms. The van der Waals surface area contributed by atoms with E-state index in [1.807, 2.05) is 6.20 Å². The average Bonchev–Trinajstić information content (AvgIpc) is 2.60. The summed E-state index contributed by atoms with van der Waals surface area (Å²) in [5.74, 6) is 0.900. The van der Waals surface area contributed by atoms with Crippen LogP contribution in [0.3, 0.4) is 0 Å². The highest BCUT2D eigenvalue weighted by molar-refractivity contribution is 9.09. The van der Waals surface area contributed by atoms with Gasteiger partial charge < -0.3 is 4.74 Å². The molecule has 0 fully saturated rings. The van der Waals surface area contributed by atoms with E-state index in [1.165, 1.54) is 5.69 Å². The predicted octanol–water partition coefficient (Wildman–Crippen LogP) is 3.75. The molecule has 0 aliphatic rings. The third-order valence-electron chi connectivity index (χ3n) is 2.89. The molecule has 0 aromatic carbocycles. The SMILES string of the molecule is CCCn1ncc(OC)c1C(C)(C)CC(C)Br. The molecule has 0 spiro atoms. The number of alkyl halides is 1. The minimum absolute atomic E-state index is 0.0555. The first-order chi connectivity index (χ1) is 7.92. The minimum Gasteiger partial charge on any atom is -0.493 e. The molecule has 1 heterocycles. The van der Waals surface area contributed by atoms with Gasteiger partial charge in [0.05, 0.1) is 19.0 Å². The van der Waals surface area contributed by atoms with Crippen molar-refractivity contribution in [1.82, 2.24) is 9.78 Å². The fraction of sp³-hybridized carbons (Fsp3) is 0.769. The molecule has 1 aromatic rings. The maximum atomic E-state index is 5.44. The fourth-order valence-corrected chi connectivity index (χ4v) is 3.19. The number of hydrogen-bond donors (Lipinski definition) is 0. The Labute approximate surface area is 113 Å². The average molecular weight is 303 g/mol. The second-order valence-corrected chi connectivity index (χ2v) is 6.72. The first-order valence-corrected chi connectivity index (χ1v) is 7.08. The van der Waals surface area contributed by atoms with Crippen LogP contribution in [0.25, 0.3) is 0 Å². The van der Waals surface area contributed by atoms with E-state index in [9.17, 15) is 0 Å². The molecule has 0 saturated heterocycles. The van der Waals surface area contributed by atoms with Crippen LogP contribution in [0.5, 0.6) is 5.75 Å². The third-order valence-corrected chi connectivity index (χ3v) is 3.22. The van der Waals surface area contributed by atoms with Crippen molar-refractivity contribution in [3.8, 4) is 5.75 Å². The molecule has 1 atom stereocenters. The highest BCUT2D eigenvalue weighted by atomic mass is 79.9. The Balaban J connectivity index is 3.11. The summed E-state index contributed by atoms with van der Waals surface area (Å²) in [6, 6.07) is 0. The van der Waals surface area contributed by atoms with Crippen LogP contribution in [-0.2, 0) is 12.0 Å². The monoisotopic (exact) mass is 302 g/mol. The molecular weight excluding hydrogens is 280 g/mol. The van der Waals surface area contributed by atoms with E-state index in [1.54, 1.807) is 7.11 Å². The van der Waals surface area contributed by atoms with Gasteiger partial charge in [0.1, 0.15) is 0 Å². The zero-order valence-electron chi connectivity index (χ0n) is 11.5. The number of hydrogen-bond acceptors (Lipinski definition) is 2. The molecule has 0 aliphatic heterocycles. The van der Waals surface area contributed by atoms with E-state index in [0.717, 1.165) is 25.1 Å². The van der Waals surface area contributed by atoms with Gasteiger partial charge in [-0.1, -0.05) is 43.6 Å². The zero-order chi connectivity index (χ0) is 13.1. The first kappa shape index (κ1) is 14.6. The van der Waals surface area contributed by atoms with Gasteiger partial charge in [-0.05, 0) is 12.8 Å². The lowest BCUT2D eigenvalue weighted by molar-refractivity contribution is 0.368. The first-order valence-electron chi connectivity index (χ1n) is 6.16. The van der Waals surface area contributed by atoms with Crippen molar-refractivity contribution in [2.75, 3.05) is 7.11 Å². The summed E-state index contributed by atoms with van der Waals surface area (Å²) in [5.41, 5.74) is 1.26. The summed E-state index contributed by atoms with van der Waals surface area (Å²) in [4.78, 5) is 0.479. The van der Waals surface area contributed by atoms with Crippen LogP contribution in [-0.4, -0.2) is 21.7 Å². The Morgan fingerprint density at radius 3 is 2.65 bits per heavy atom. The number of methoxy groups -OCH3 is 1. The van der Waals surface area contributed by atoms with Crippen molar-refractivity contribution in [2.45, 2.75) is 57.3 Å². The fourth-order valence-electron chi connectivity index (χ4n) is 2.38. The van der Waals surface area contributed by atoms with Gasteiger partial charge >= 0.3 is 0 Å². The van der Waals surface area contributed by atoms with Crippen molar-refractivity contribution in [2.24, 2.45) is 0 Å². The van der Waals surface area contributed by atoms with Crippen molar-refractivity contribution < 1.29 is 4.74 Å². The Morgan fingerprint density at radius 1 is 1.53 bits per heavy atom. The summed E-state index contributed by atoms with van der Waals surface area (Å²) in [6.45, 7) is 9.78. The van der Waals surface area contributed by atoms with Gasteiger partial charge in [-0.2, -0.15) is 5.10 Å². The molecule has 1 rings (SSSR count). The van der Waals surface area contributed by atoms with Gasteiger partial charge in [0.2, 0.25) is 0 Å². The van der Waals surface area contributed by atoms with E-state index in [2.05, 4.69) is 53.4 Å². The predicted molar refractivity (Wildman–Crippen MR) is 75.1 cm³/mol. The lowest BCUT2D eigenvalue weighted by atomic mass is 9.84. The second kappa shape index (κ2) is 5.89. The number of rotatable bonds is 6. The summed E-state index contributed by atoms with van der Waals surface area (Å²) in [7, 11) is 1.71. The molecule has 3 nitrogen and oxygen atoms in total. The van der Waals surface area contributed by atoms with E-state index >= 15 is 0 Å². The van der Waals surface area contributed by atoms with Gasteiger partial charge in [0.25, 0.3) is 0 Å². The number of aryl methyl sites for hydroxylation is 1. The standard InChI is InChI=1S/C13H23BrN2O/c1-6-7-16-12(11(17-5)9-15-16)13(3,4)8-10(2)14/h9-10H,6-8H2,1-5H3. The van der Waals surface area contributed by atoms with Crippen molar-refractivity contribution in [3.05, 3.63) is 11.9 Å². The molecule has 0 N–H and O–H groups in total. The summed E-state index contributed by atoms with van der Waals surface area (Å²) >= 11 is 3.64. The van der Waals surface area contributed by atoms with Crippen molar-refractivity contribution in [3.63, 3.8) is 0 Å². The summed E-state index contributed by atoms with van der Waals surface area (Å²) < 4.78 is 7.52. The third kappa shape index (κ3) is 3.47. The molecule has 0 bridgehead atoms. The molecule has 0 amide bonds. The zero-order valence-corrected chi connectivity index (χ0v) is 13.0. The second-order valence-electron chi connectivity index (χ2n) is 5.15. The van der Waals surface area contributed by atoms with Gasteiger partial charge in [-0.3, -0.25) is 4.68 Å². The van der Waals surface area contributed by atoms with Gasteiger partial charge in [0, 0.05) is 16.8 Å². The summed E-state index contributed by atoms with van der Waals surface area (Å²) in [6.07, 6.45) is 3.96. The van der Waals surface area contributed by atoms with Crippen LogP contribution < -0.4 is 4.74 Å². The van der Waals surface area contributed by atoms with Crippen molar-refractivity contribution in [1.29, 1.82) is 0 Å². The van der Waals surface area contributed by atoms with Crippen LogP contribution in [0.15, 0.2) is 6.20 Å². The Bertz CT molecular complexity index is 358. The van der Waals surface area contributed by atoms with Gasteiger partial charge in [0.15, 0.2) is 5.75 Å². The van der Waals surface area contributed by atoms with Crippen molar-refractivity contribution >= 4 is 15.9 Å². The number of halogens is 1. The molecule has 98 valence electrons. The van der Waals surface area contributed by atoms with E-state index in [0.29, 0.717) is 4.83 Å². The molecule has 0 aliphatic carbocycles. The molecule has 1 aromatic heterocycles. The van der Waals surface area contributed by atoms with Gasteiger partial charge in [-0.15, -0.1) is 0 Å². The minimum atomic E-state index is 0.0555. The summed E-state index contributed by atoms with van der Waals surface area (Å²) in [5, 5.41) is 4.43. The van der Waals surface area contributed by atoms with Crippen LogP contribution in [0.4, 0.5) is 0 Å². The topological polar surface area (TPSA) is 27.1 Å². The lowest BCUT2D eigenvalue weighted by Crippen LogP contribution is -2.25. The quantitative estimate of drug-likeness (QED) is 0.748. The number of ether oxygens (including phenoxy) is 1. The van der Waals surface area contributed by atoms with Crippen LogP contribution >= 0.6 is 15.9 Å². The van der Waals surface area contributed by atoms with E-state index in [-0.39, 0.29) is 5.41 Å². The number of nitrogens with zero attached hydrogens (tertiary/aromatic N) is 2. The highest BCUT2D eigenvalue weighted by Crippen LogP contribution is 2.36. The largest absolute Gasteiger partial charge is 0.493 e. The van der Waals surface area contributed by atoms with E-state index in [4.69, 9.17) is 4.74 Å². The molecule has 17 heavy (non-hydrogen) atoms. The molecular formula is C13H23BrN2O. The smallest absolute Gasteiger partial charge is 0.160 e. The molecule has 1 unspecified atom stereocenters. The highest BCUT2D eigenvalue weighted by Gasteiger charge is 2.30. The molecule has 0 radical (unpaired) electrons. The normalized spacial score (nSPS) is 13.8. The molecule has 0 saturated carbocycles. The van der Waals surface area contributed by atoms with Gasteiger partial charge in [-0.25, -0.2) is 0 Å². The maximum absolute atomic E-state index is 5.44. The maximum Gasteiger partial charge on any atom is 0.160 e.